The molecule has 0 bridgehead atoms. The van der Waals surface area contributed by atoms with E-state index in [-0.39, 0.29) is 36.4 Å². The number of likely N-dealkylation sites (tertiary alicyclic amines) is 1. The minimum atomic E-state index is -0.693. The normalized spacial score (nSPS) is 17.2. The number of carboxylic acids is 1. The van der Waals surface area contributed by atoms with Gasteiger partial charge in [0, 0.05) is 41.7 Å². The van der Waals surface area contributed by atoms with E-state index in [1.807, 2.05) is 48.0 Å². The molecule has 4 heterocycles. The number of aliphatic hydroxyl groups excluding tert-OH is 1. The fourth-order valence-corrected chi connectivity index (χ4v) is 9.50. The van der Waals surface area contributed by atoms with Gasteiger partial charge in [0.25, 0.3) is 0 Å². The number of oxazole rings is 1. The number of carbonyl (C=O) groups is 2. The van der Waals surface area contributed by atoms with Gasteiger partial charge in [-0.2, -0.15) is 5.26 Å². The van der Waals surface area contributed by atoms with Gasteiger partial charge in [-0.3, -0.25) is 19.4 Å². The molecule has 3 aliphatic rings. The van der Waals surface area contributed by atoms with Crippen molar-refractivity contribution in [3.63, 3.8) is 0 Å². The summed E-state index contributed by atoms with van der Waals surface area (Å²) in [6.07, 6.45) is 1.49. The summed E-state index contributed by atoms with van der Waals surface area (Å²) in [5.74, 6) is -0.413. The molecule has 1 aliphatic carbocycles. The number of fused-ring (bicyclic) bond motifs is 2. The Labute approximate surface area is 312 Å². The van der Waals surface area contributed by atoms with E-state index in [0.29, 0.717) is 42.2 Å². The highest BCUT2D eigenvalue weighted by Gasteiger charge is 2.54. The van der Waals surface area contributed by atoms with Crippen LogP contribution < -0.4 is 0 Å². The lowest BCUT2D eigenvalue weighted by Gasteiger charge is -2.58. The molecular weight excluding hydrogens is 689 g/mol. The molecule has 53 heavy (non-hydrogen) atoms. The summed E-state index contributed by atoms with van der Waals surface area (Å²) in [5, 5.41) is 29.7. The summed E-state index contributed by atoms with van der Waals surface area (Å²) in [5.41, 5.74) is 9.80. The molecule has 0 radical (unpaired) electrons. The standard InChI is InChI=1S/C41H42N6O5S/c1-23(20-48)45(4)19-36(49)47-17-34-35(18-47)53-39(44-34)32-10-6-8-30(25(32)3)29-7-5-9-31(24(29)2)38-43-33-12-26(11-27(15-42)37(33)52-38)16-46-21-41(22-46)13-28(14-41)40(50)51/h5-12,23,28,48H,13-14,16-22H2,1-4H3,(H,50,51)/t23-/m0/s1. The predicted octanol–water partition coefficient (Wildman–Crippen LogP) is 6.23. The number of nitrogens with zero attached hydrogens (tertiary/aromatic N) is 6. The lowest BCUT2D eigenvalue weighted by molar-refractivity contribution is -0.161. The summed E-state index contributed by atoms with van der Waals surface area (Å²) in [7, 11) is 1.85. The number of aromatic nitrogens is 2. The summed E-state index contributed by atoms with van der Waals surface area (Å²) >= 11 is 1.63. The third-order valence-electron chi connectivity index (χ3n) is 11.5. The van der Waals surface area contributed by atoms with Crippen LogP contribution in [0.25, 0.3) is 44.3 Å². The Morgan fingerprint density at radius 3 is 2.40 bits per heavy atom. The van der Waals surface area contributed by atoms with E-state index in [1.165, 1.54) is 0 Å². The van der Waals surface area contributed by atoms with E-state index >= 15 is 0 Å². The average molecular weight is 731 g/mol. The molecule has 2 N–H and O–H groups in total. The number of aliphatic carboxylic acids is 1. The van der Waals surface area contributed by atoms with Crippen molar-refractivity contribution < 1.29 is 24.2 Å². The summed E-state index contributed by atoms with van der Waals surface area (Å²) in [6.45, 7) is 9.81. The lowest BCUT2D eigenvalue weighted by Crippen LogP contribution is -2.62. The highest BCUT2D eigenvalue weighted by Crippen LogP contribution is 2.52. The Balaban J connectivity index is 1.01. The van der Waals surface area contributed by atoms with Crippen LogP contribution in [0.15, 0.2) is 52.9 Å². The molecule has 1 atom stereocenters. The summed E-state index contributed by atoms with van der Waals surface area (Å²) in [6, 6.07) is 18.5. The molecule has 11 nitrogen and oxygen atoms in total. The number of likely N-dealkylation sites (N-methyl/N-ethyl adjacent to an activating group) is 1. The van der Waals surface area contributed by atoms with Crippen LogP contribution in [0, 0.1) is 36.5 Å². The van der Waals surface area contributed by atoms with Gasteiger partial charge in [0.05, 0.1) is 43.4 Å². The van der Waals surface area contributed by atoms with Crippen molar-refractivity contribution in [1.82, 2.24) is 24.7 Å². The van der Waals surface area contributed by atoms with Crippen LogP contribution >= 0.6 is 11.3 Å². The predicted molar refractivity (Wildman–Crippen MR) is 202 cm³/mol. The third kappa shape index (κ3) is 6.31. The molecule has 8 rings (SSSR count). The number of aliphatic hydroxyl groups is 1. The summed E-state index contributed by atoms with van der Waals surface area (Å²) < 4.78 is 6.31. The van der Waals surface area contributed by atoms with Gasteiger partial charge < -0.3 is 19.5 Å². The number of amides is 1. The number of hydrogen-bond donors (Lipinski definition) is 2. The maximum Gasteiger partial charge on any atom is 0.306 e. The SMILES string of the molecule is Cc1c(-c2nc3cc(CN4CC5(CC(C(=O)O)C5)C4)cc(C#N)c3o2)cccc1-c1cccc(-c2nc3c(s2)CN(C(=O)CN(C)[C@@H](C)CO)C3)c1C. The van der Waals surface area contributed by atoms with E-state index in [4.69, 9.17) is 14.4 Å². The quantitative estimate of drug-likeness (QED) is 0.170. The molecule has 5 aromatic rings. The highest BCUT2D eigenvalue weighted by atomic mass is 32.1. The molecule has 2 fully saturated rings. The second kappa shape index (κ2) is 13.5. The number of benzene rings is 3. The zero-order valence-corrected chi connectivity index (χ0v) is 31.2. The van der Waals surface area contributed by atoms with Crippen molar-refractivity contribution in [2.45, 2.75) is 59.3 Å². The Morgan fingerprint density at radius 2 is 1.74 bits per heavy atom. The Bertz CT molecular complexity index is 2290. The second-order valence-electron chi connectivity index (χ2n) is 15.3. The lowest BCUT2D eigenvalue weighted by atomic mass is 9.57. The van der Waals surface area contributed by atoms with Crippen LogP contribution in [-0.2, 0) is 29.2 Å². The number of carboxylic acid groups (broad SMARTS) is 1. The minimum absolute atomic E-state index is 0.00644. The van der Waals surface area contributed by atoms with E-state index in [1.54, 1.807) is 11.3 Å². The molecular formula is C41H42N6O5S. The molecule has 2 aromatic heterocycles. The van der Waals surface area contributed by atoms with Crippen molar-refractivity contribution >= 4 is 34.3 Å². The van der Waals surface area contributed by atoms with Crippen LogP contribution in [-0.4, -0.2) is 86.1 Å². The molecule has 0 unspecified atom stereocenters. The first-order valence-corrected chi connectivity index (χ1v) is 18.8. The van der Waals surface area contributed by atoms with Crippen molar-refractivity contribution in [3.8, 4) is 39.2 Å². The van der Waals surface area contributed by atoms with Gasteiger partial charge in [0.1, 0.15) is 16.6 Å². The molecule has 12 heteroatoms. The maximum absolute atomic E-state index is 13.0. The molecule has 2 aliphatic heterocycles. The zero-order valence-electron chi connectivity index (χ0n) is 30.3. The largest absolute Gasteiger partial charge is 0.481 e. The van der Waals surface area contributed by atoms with Crippen molar-refractivity contribution in [1.29, 1.82) is 5.26 Å². The molecule has 272 valence electrons. The number of rotatable bonds is 10. The fourth-order valence-electron chi connectivity index (χ4n) is 8.33. The Hall–Kier alpha value is -4.93. The molecule has 1 amide bonds. The van der Waals surface area contributed by atoms with Crippen LogP contribution in [0.1, 0.15) is 52.6 Å². The van der Waals surface area contributed by atoms with Crippen molar-refractivity contribution in [2.75, 3.05) is 33.3 Å². The Kier molecular flexibility index (Phi) is 8.94. The van der Waals surface area contributed by atoms with Crippen LogP contribution in [0.2, 0.25) is 0 Å². The average Bonchev–Trinajstić information content (AvgIpc) is 3.82. The number of thiazole rings is 1. The summed E-state index contributed by atoms with van der Waals surface area (Å²) in [4.78, 5) is 41.2. The first kappa shape index (κ1) is 35.1. The second-order valence-corrected chi connectivity index (χ2v) is 16.3. The molecule has 1 saturated heterocycles. The van der Waals surface area contributed by atoms with E-state index in [2.05, 4.69) is 49.1 Å². The first-order valence-electron chi connectivity index (χ1n) is 18.0. The number of carbonyl (C=O) groups excluding carboxylic acids is 1. The minimum Gasteiger partial charge on any atom is -0.481 e. The Morgan fingerprint density at radius 1 is 1.06 bits per heavy atom. The van der Waals surface area contributed by atoms with Gasteiger partial charge in [-0.25, -0.2) is 9.97 Å². The van der Waals surface area contributed by atoms with Gasteiger partial charge in [-0.1, -0.05) is 30.3 Å². The number of nitriles is 1. The van der Waals surface area contributed by atoms with Crippen LogP contribution in [0.4, 0.5) is 0 Å². The van der Waals surface area contributed by atoms with Gasteiger partial charge in [0.15, 0.2) is 5.58 Å². The third-order valence-corrected chi connectivity index (χ3v) is 12.6. The fraction of sp³-hybridized carbons (Fsp3) is 0.390. The van der Waals surface area contributed by atoms with E-state index < -0.39 is 5.97 Å². The maximum atomic E-state index is 13.0. The van der Waals surface area contributed by atoms with Gasteiger partial charge in [0.2, 0.25) is 11.8 Å². The first-order chi connectivity index (χ1) is 25.5. The zero-order chi connectivity index (χ0) is 37.2. The molecule has 1 saturated carbocycles. The van der Waals surface area contributed by atoms with Crippen LogP contribution in [0.5, 0.6) is 0 Å². The number of hydrogen-bond acceptors (Lipinski definition) is 10. The van der Waals surface area contributed by atoms with Crippen molar-refractivity contribution in [2.24, 2.45) is 11.3 Å². The monoisotopic (exact) mass is 730 g/mol. The smallest absolute Gasteiger partial charge is 0.306 e. The van der Waals surface area contributed by atoms with Crippen molar-refractivity contribution in [3.05, 3.63) is 81.4 Å². The topological polar surface area (TPSA) is 147 Å². The molecule has 1 spiro atoms. The van der Waals surface area contributed by atoms with E-state index in [0.717, 1.165) is 80.5 Å². The highest BCUT2D eigenvalue weighted by molar-refractivity contribution is 7.15. The van der Waals surface area contributed by atoms with E-state index in [9.17, 15) is 25.1 Å². The van der Waals surface area contributed by atoms with Gasteiger partial charge in [-0.05, 0) is 92.1 Å². The molecule has 3 aromatic carbocycles. The van der Waals surface area contributed by atoms with Gasteiger partial charge >= 0.3 is 5.97 Å². The van der Waals surface area contributed by atoms with Crippen LogP contribution in [0.3, 0.4) is 0 Å². The van der Waals surface area contributed by atoms with Gasteiger partial charge in [-0.15, -0.1) is 11.3 Å².